The van der Waals surface area contributed by atoms with E-state index in [0.29, 0.717) is 28.7 Å². The summed E-state index contributed by atoms with van der Waals surface area (Å²) in [4.78, 5) is 33.7. The van der Waals surface area contributed by atoms with Gasteiger partial charge in [-0.05, 0) is 44.1 Å². The van der Waals surface area contributed by atoms with Crippen molar-refractivity contribution in [2.75, 3.05) is 32.0 Å². The van der Waals surface area contributed by atoms with E-state index in [9.17, 15) is 4.79 Å². The van der Waals surface area contributed by atoms with Crippen LogP contribution in [0.4, 0.5) is 5.69 Å². The van der Waals surface area contributed by atoms with Gasteiger partial charge in [0.25, 0.3) is 5.91 Å². The normalized spacial score (nSPS) is 18.6. The molecular formula is C23H22ClN7O2S. The molecule has 1 atom stereocenters. The molecule has 174 valence electrons. The highest BCUT2D eigenvalue weighted by Gasteiger charge is 2.26. The lowest BCUT2D eigenvalue weighted by Gasteiger charge is -2.12. The van der Waals surface area contributed by atoms with E-state index in [0.717, 1.165) is 58.5 Å². The van der Waals surface area contributed by atoms with Crippen molar-refractivity contribution in [2.24, 2.45) is 0 Å². The second-order valence-corrected chi connectivity index (χ2v) is 10.1. The van der Waals surface area contributed by atoms with Crippen LogP contribution in [0.2, 0.25) is 5.28 Å². The first kappa shape index (κ1) is 21.5. The Morgan fingerprint density at radius 2 is 2.06 bits per heavy atom. The van der Waals surface area contributed by atoms with Gasteiger partial charge in [0.05, 0.1) is 28.6 Å². The number of halogens is 1. The Morgan fingerprint density at radius 3 is 2.94 bits per heavy atom. The number of benzene rings is 1. The van der Waals surface area contributed by atoms with E-state index in [1.54, 1.807) is 6.20 Å². The number of aromatic nitrogens is 4. The van der Waals surface area contributed by atoms with Crippen LogP contribution in [0.5, 0.6) is 11.8 Å². The quantitative estimate of drug-likeness (QED) is 0.406. The van der Waals surface area contributed by atoms with Gasteiger partial charge in [-0.3, -0.25) is 4.79 Å². The molecule has 2 aliphatic heterocycles. The summed E-state index contributed by atoms with van der Waals surface area (Å²) in [5, 5.41) is 7.49. The van der Waals surface area contributed by atoms with Gasteiger partial charge in [-0.1, -0.05) is 0 Å². The molecule has 2 aliphatic rings. The van der Waals surface area contributed by atoms with E-state index in [1.807, 2.05) is 19.1 Å². The number of hydrogen-bond donors (Lipinski definition) is 2. The zero-order chi connectivity index (χ0) is 23.4. The summed E-state index contributed by atoms with van der Waals surface area (Å²) in [6.45, 7) is 4.41. The van der Waals surface area contributed by atoms with Crippen molar-refractivity contribution in [1.82, 2.24) is 30.2 Å². The second-order valence-electron chi connectivity index (χ2n) is 8.70. The number of carbonyl (C=O) groups is 1. The number of nitrogens with zero attached hydrogens (tertiary/aromatic N) is 5. The van der Waals surface area contributed by atoms with E-state index in [1.165, 1.54) is 11.3 Å². The molecule has 3 aromatic heterocycles. The summed E-state index contributed by atoms with van der Waals surface area (Å²) in [7, 11) is 2.08. The van der Waals surface area contributed by atoms with E-state index in [2.05, 4.69) is 37.5 Å². The van der Waals surface area contributed by atoms with Crippen LogP contribution < -0.4 is 15.4 Å². The van der Waals surface area contributed by atoms with E-state index < -0.39 is 0 Å². The summed E-state index contributed by atoms with van der Waals surface area (Å²) < 4.78 is 7.09. The highest BCUT2D eigenvalue weighted by Crippen LogP contribution is 2.40. The molecule has 9 nitrogen and oxygen atoms in total. The van der Waals surface area contributed by atoms with Gasteiger partial charge in [-0.15, -0.1) is 11.3 Å². The van der Waals surface area contributed by atoms with Crippen LogP contribution in [-0.4, -0.2) is 63.5 Å². The minimum Gasteiger partial charge on any atom is -0.419 e. The summed E-state index contributed by atoms with van der Waals surface area (Å²) in [5.41, 5.74) is 4.08. The lowest BCUT2D eigenvalue weighted by molar-refractivity contribution is 0.0949. The maximum Gasteiger partial charge on any atom is 0.263 e. The molecule has 1 aromatic carbocycles. The first-order valence-corrected chi connectivity index (χ1v) is 12.3. The summed E-state index contributed by atoms with van der Waals surface area (Å²) >= 11 is 7.65. The fraction of sp³-hybridized carbons (Fsp3) is 0.348. The van der Waals surface area contributed by atoms with Crippen molar-refractivity contribution in [3.63, 3.8) is 0 Å². The summed E-state index contributed by atoms with van der Waals surface area (Å²) in [6, 6.07) is 3.91. The smallest absolute Gasteiger partial charge is 0.263 e. The zero-order valence-corrected chi connectivity index (χ0v) is 20.3. The number of ether oxygens (including phenoxy) is 1. The minimum absolute atomic E-state index is 0.0396. The van der Waals surface area contributed by atoms with Gasteiger partial charge < -0.3 is 20.3 Å². The predicted octanol–water partition coefficient (Wildman–Crippen LogP) is 3.65. The highest BCUT2D eigenvalue weighted by molar-refractivity contribution is 7.21. The number of carbonyl (C=O) groups excluding carboxylic acids is 1. The third-order valence-corrected chi connectivity index (χ3v) is 7.54. The number of rotatable bonds is 2. The van der Waals surface area contributed by atoms with Crippen molar-refractivity contribution in [2.45, 2.75) is 25.8 Å². The minimum atomic E-state index is -0.0678. The van der Waals surface area contributed by atoms with Crippen molar-refractivity contribution in [1.29, 1.82) is 0 Å². The molecule has 5 heterocycles. The standard InChI is InChI=1S/C23H22ClN7O2S/c1-11-9-25-19-17-15(34-20(19)21(32)27-11)4-3-14-18(17)26-10-16(28-14)33-22-12-5-7-31(2)8-6-13(12)29-23(24)30-22/h3-4,10-11,25H,5-9H2,1-2H3,(H,27,32). The SMILES string of the molecule is CC1CNc2c(sc3ccc4nc(Oc5nc(Cl)nc6c5CCN(C)CC6)cnc4c23)C(=O)N1. The largest absolute Gasteiger partial charge is 0.419 e. The number of fused-ring (bicyclic) bond motifs is 6. The highest BCUT2D eigenvalue weighted by atomic mass is 35.5. The zero-order valence-electron chi connectivity index (χ0n) is 18.7. The molecular weight excluding hydrogens is 474 g/mol. The van der Waals surface area contributed by atoms with Gasteiger partial charge in [0.1, 0.15) is 4.88 Å². The molecule has 2 N–H and O–H groups in total. The molecule has 4 aromatic rings. The molecule has 1 unspecified atom stereocenters. The number of thiophene rings is 1. The molecule has 0 saturated carbocycles. The van der Waals surface area contributed by atoms with Gasteiger partial charge in [-0.2, -0.15) is 4.98 Å². The molecule has 0 spiro atoms. The molecule has 0 radical (unpaired) electrons. The summed E-state index contributed by atoms with van der Waals surface area (Å²) in [5.74, 6) is 0.695. The number of nitrogens with one attached hydrogen (secondary N) is 2. The van der Waals surface area contributed by atoms with Crippen LogP contribution in [-0.2, 0) is 12.8 Å². The Morgan fingerprint density at radius 1 is 1.21 bits per heavy atom. The van der Waals surface area contributed by atoms with Gasteiger partial charge >= 0.3 is 0 Å². The average molecular weight is 496 g/mol. The van der Waals surface area contributed by atoms with Crippen LogP contribution >= 0.6 is 22.9 Å². The Bertz CT molecular complexity index is 1460. The number of hydrogen-bond acceptors (Lipinski definition) is 9. The topological polar surface area (TPSA) is 105 Å². The maximum absolute atomic E-state index is 12.6. The van der Waals surface area contributed by atoms with Crippen LogP contribution in [0.25, 0.3) is 21.1 Å². The third-order valence-electron chi connectivity index (χ3n) is 6.21. The van der Waals surface area contributed by atoms with E-state index in [-0.39, 0.29) is 17.2 Å². The van der Waals surface area contributed by atoms with Crippen molar-refractivity contribution in [3.05, 3.63) is 39.7 Å². The Hall–Kier alpha value is -3.08. The van der Waals surface area contributed by atoms with Crippen LogP contribution in [0.1, 0.15) is 27.9 Å². The molecule has 0 saturated heterocycles. The van der Waals surface area contributed by atoms with Crippen molar-refractivity contribution < 1.29 is 9.53 Å². The van der Waals surface area contributed by atoms with Crippen LogP contribution in [0.3, 0.4) is 0 Å². The monoisotopic (exact) mass is 495 g/mol. The van der Waals surface area contributed by atoms with Crippen LogP contribution in [0.15, 0.2) is 18.3 Å². The van der Waals surface area contributed by atoms with E-state index >= 15 is 0 Å². The summed E-state index contributed by atoms with van der Waals surface area (Å²) in [6.07, 6.45) is 3.15. The van der Waals surface area contributed by atoms with Gasteiger partial charge in [-0.25, -0.2) is 15.0 Å². The van der Waals surface area contributed by atoms with Crippen molar-refractivity contribution >= 4 is 55.7 Å². The molecule has 1 amide bonds. The molecule has 0 bridgehead atoms. The third kappa shape index (κ3) is 3.71. The molecule has 0 fully saturated rings. The molecule has 6 rings (SSSR count). The average Bonchev–Trinajstić information content (AvgIpc) is 3.00. The Kier molecular flexibility index (Phi) is 5.23. The fourth-order valence-corrected chi connectivity index (χ4v) is 5.72. The second kappa shape index (κ2) is 8.30. The fourth-order valence-electron chi connectivity index (χ4n) is 4.46. The first-order chi connectivity index (χ1) is 16.5. The van der Waals surface area contributed by atoms with Gasteiger partial charge in [0.15, 0.2) is 0 Å². The van der Waals surface area contributed by atoms with Gasteiger partial charge in [0.2, 0.25) is 17.0 Å². The number of likely N-dealkylation sites (N-methyl/N-ethyl adjacent to an activating group) is 1. The molecule has 34 heavy (non-hydrogen) atoms. The molecule has 11 heteroatoms. The number of amides is 1. The number of anilines is 1. The Balaban J connectivity index is 1.41. The predicted molar refractivity (Wildman–Crippen MR) is 132 cm³/mol. The molecule has 0 aliphatic carbocycles. The van der Waals surface area contributed by atoms with Crippen molar-refractivity contribution in [3.8, 4) is 11.8 Å². The first-order valence-electron chi connectivity index (χ1n) is 11.1. The lowest BCUT2D eigenvalue weighted by Crippen LogP contribution is -2.34. The maximum atomic E-state index is 12.6. The lowest BCUT2D eigenvalue weighted by atomic mass is 10.1. The van der Waals surface area contributed by atoms with Gasteiger partial charge in [0, 0.05) is 47.7 Å². The Labute approximate surface area is 204 Å². The van der Waals surface area contributed by atoms with Crippen LogP contribution in [0, 0.1) is 0 Å². The van der Waals surface area contributed by atoms with E-state index in [4.69, 9.17) is 21.3 Å².